The molecule has 20 heavy (non-hydrogen) atoms. The largest absolute Gasteiger partial charge is 0.406 e. The van der Waals surface area contributed by atoms with Gasteiger partial charge in [-0.15, -0.1) is 0 Å². The quantitative estimate of drug-likeness (QED) is 0.924. The third kappa shape index (κ3) is 2.80. The van der Waals surface area contributed by atoms with Crippen LogP contribution in [0.3, 0.4) is 0 Å². The lowest BCUT2D eigenvalue weighted by Crippen LogP contribution is -2.40. The number of alkyl halides is 3. The van der Waals surface area contributed by atoms with Crippen molar-refractivity contribution in [3.8, 4) is 0 Å². The summed E-state index contributed by atoms with van der Waals surface area (Å²) < 4.78 is 37.8. The van der Waals surface area contributed by atoms with Crippen LogP contribution in [0, 0.1) is 0 Å². The lowest BCUT2D eigenvalue weighted by Gasteiger charge is -2.24. The van der Waals surface area contributed by atoms with Crippen molar-refractivity contribution in [1.82, 2.24) is 10.2 Å². The van der Waals surface area contributed by atoms with Crippen LogP contribution in [0.4, 0.5) is 13.2 Å². The molecule has 1 aliphatic carbocycles. The standard InChI is InChI=1S/C14H15F3N2O/c15-14(16,17)8-19(12-3-4-12)13(20)9-1-2-10-6-18-7-11(10)5-9/h1-2,5,12,18H,3-4,6-8H2. The Morgan fingerprint density at radius 1 is 1.25 bits per heavy atom. The number of hydrogen-bond donors (Lipinski definition) is 1. The van der Waals surface area contributed by atoms with Crippen LogP contribution >= 0.6 is 0 Å². The number of fused-ring (bicyclic) bond motifs is 1. The highest BCUT2D eigenvalue weighted by Crippen LogP contribution is 2.31. The number of nitrogens with one attached hydrogen (secondary N) is 1. The normalized spacial score (nSPS) is 17.9. The maximum atomic E-state index is 12.6. The molecule has 3 nitrogen and oxygen atoms in total. The Kier molecular flexibility index (Phi) is 3.20. The average Bonchev–Trinajstić information content (AvgIpc) is 3.11. The van der Waals surface area contributed by atoms with Gasteiger partial charge in [0.25, 0.3) is 5.91 Å². The van der Waals surface area contributed by atoms with Crippen molar-refractivity contribution in [2.75, 3.05) is 6.54 Å². The maximum Gasteiger partial charge on any atom is 0.406 e. The fraction of sp³-hybridized carbons (Fsp3) is 0.500. The molecule has 3 rings (SSSR count). The third-order valence-corrected chi connectivity index (χ3v) is 3.68. The summed E-state index contributed by atoms with van der Waals surface area (Å²) in [5, 5.41) is 3.15. The van der Waals surface area contributed by atoms with E-state index in [-0.39, 0.29) is 6.04 Å². The van der Waals surface area contributed by atoms with E-state index in [4.69, 9.17) is 0 Å². The van der Waals surface area contributed by atoms with Crippen LogP contribution in [0.15, 0.2) is 18.2 Å². The second-order valence-electron chi connectivity index (χ2n) is 5.37. The molecule has 6 heteroatoms. The average molecular weight is 284 g/mol. The van der Waals surface area contributed by atoms with E-state index in [1.165, 1.54) is 0 Å². The molecular formula is C14H15F3N2O. The lowest BCUT2D eigenvalue weighted by atomic mass is 10.1. The predicted octanol–water partition coefficient (Wildman–Crippen LogP) is 2.46. The number of carbonyl (C=O) groups is 1. The van der Waals surface area contributed by atoms with Crippen molar-refractivity contribution in [3.05, 3.63) is 34.9 Å². The molecule has 1 N–H and O–H groups in total. The van der Waals surface area contributed by atoms with Crippen molar-refractivity contribution in [2.45, 2.75) is 38.1 Å². The number of hydrogen-bond acceptors (Lipinski definition) is 2. The zero-order valence-electron chi connectivity index (χ0n) is 10.8. The number of nitrogens with zero attached hydrogens (tertiary/aromatic N) is 1. The molecule has 1 aromatic rings. The van der Waals surface area contributed by atoms with Gasteiger partial charge in [-0.3, -0.25) is 4.79 Å². The minimum atomic E-state index is -4.35. The molecule has 1 saturated carbocycles. The summed E-state index contributed by atoms with van der Waals surface area (Å²) in [6.07, 6.45) is -3.03. The van der Waals surface area contributed by atoms with Gasteiger partial charge in [0, 0.05) is 24.7 Å². The molecular weight excluding hydrogens is 269 g/mol. The SMILES string of the molecule is O=C(c1ccc2c(c1)CNC2)N(CC(F)(F)F)C1CC1. The van der Waals surface area contributed by atoms with Crippen molar-refractivity contribution < 1.29 is 18.0 Å². The van der Waals surface area contributed by atoms with Crippen LogP contribution < -0.4 is 5.32 Å². The Hall–Kier alpha value is -1.56. The zero-order chi connectivity index (χ0) is 14.3. The summed E-state index contributed by atoms with van der Waals surface area (Å²) in [5.41, 5.74) is 2.46. The van der Waals surface area contributed by atoms with E-state index in [1.54, 1.807) is 12.1 Å². The van der Waals surface area contributed by atoms with E-state index in [2.05, 4.69) is 5.32 Å². The molecule has 0 spiro atoms. The fourth-order valence-electron chi connectivity index (χ4n) is 2.54. The van der Waals surface area contributed by atoms with Gasteiger partial charge in [0.05, 0.1) is 0 Å². The van der Waals surface area contributed by atoms with Crippen LogP contribution in [0.1, 0.15) is 34.3 Å². The number of amides is 1. The summed E-state index contributed by atoms with van der Waals surface area (Å²) in [4.78, 5) is 13.3. The van der Waals surface area contributed by atoms with E-state index in [9.17, 15) is 18.0 Å². The van der Waals surface area contributed by atoms with E-state index in [1.807, 2.05) is 6.07 Å². The van der Waals surface area contributed by atoms with E-state index >= 15 is 0 Å². The molecule has 0 bridgehead atoms. The Morgan fingerprint density at radius 3 is 2.60 bits per heavy atom. The smallest absolute Gasteiger partial charge is 0.327 e. The van der Waals surface area contributed by atoms with Crippen LogP contribution in [-0.2, 0) is 13.1 Å². The minimum Gasteiger partial charge on any atom is -0.327 e. The van der Waals surface area contributed by atoms with Gasteiger partial charge in [0.15, 0.2) is 0 Å². The van der Waals surface area contributed by atoms with Gasteiger partial charge in [-0.25, -0.2) is 0 Å². The molecule has 2 aliphatic rings. The first-order valence-electron chi connectivity index (χ1n) is 6.64. The molecule has 0 saturated heterocycles. The minimum absolute atomic E-state index is 0.254. The van der Waals surface area contributed by atoms with Crippen LogP contribution in [-0.4, -0.2) is 29.6 Å². The van der Waals surface area contributed by atoms with E-state index in [0.29, 0.717) is 24.9 Å². The van der Waals surface area contributed by atoms with Gasteiger partial charge in [-0.05, 0) is 36.1 Å². The summed E-state index contributed by atoms with van der Waals surface area (Å²) in [6, 6.07) is 4.90. The molecule has 1 aliphatic heterocycles. The summed E-state index contributed by atoms with van der Waals surface area (Å²) in [6.45, 7) is 0.254. The highest BCUT2D eigenvalue weighted by Gasteiger charge is 2.40. The summed E-state index contributed by atoms with van der Waals surface area (Å²) in [7, 11) is 0. The number of halogens is 3. The molecule has 1 amide bonds. The topological polar surface area (TPSA) is 32.3 Å². The number of rotatable bonds is 3. The maximum absolute atomic E-state index is 12.6. The lowest BCUT2D eigenvalue weighted by molar-refractivity contribution is -0.141. The third-order valence-electron chi connectivity index (χ3n) is 3.68. The first-order chi connectivity index (χ1) is 9.44. The summed E-state index contributed by atoms with van der Waals surface area (Å²) >= 11 is 0. The second kappa shape index (κ2) is 4.77. The molecule has 0 radical (unpaired) electrons. The molecule has 1 aromatic carbocycles. The molecule has 0 atom stereocenters. The van der Waals surface area contributed by atoms with E-state index in [0.717, 1.165) is 22.6 Å². The van der Waals surface area contributed by atoms with Gasteiger partial charge in [0.2, 0.25) is 0 Å². The van der Waals surface area contributed by atoms with Crippen LogP contribution in [0.2, 0.25) is 0 Å². The Bertz CT molecular complexity index is 538. The van der Waals surface area contributed by atoms with Crippen molar-refractivity contribution in [1.29, 1.82) is 0 Å². The predicted molar refractivity (Wildman–Crippen MR) is 67.1 cm³/mol. The highest BCUT2D eigenvalue weighted by atomic mass is 19.4. The van der Waals surface area contributed by atoms with Crippen molar-refractivity contribution in [2.24, 2.45) is 0 Å². The number of benzene rings is 1. The second-order valence-corrected chi connectivity index (χ2v) is 5.37. The Morgan fingerprint density at radius 2 is 1.95 bits per heavy atom. The monoisotopic (exact) mass is 284 g/mol. The van der Waals surface area contributed by atoms with Gasteiger partial charge >= 0.3 is 6.18 Å². The van der Waals surface area contributed by atoms with Gasteiger partial charge < -0.3 is 10.2 Å². The number of carbonyl (C=O) groups excluding carboxylic acids is 1. The molecule has 0 unspecified atom stereocenters. The first kappa shape index (κ1) is 13.4. The van der Waals surface area contributed by atoms with Gasteiger partial charge in [0.1, 0.15) is 6.54 Å². The zero-order valence-corrected chi connectivity index (χ0v) is 10.8. The highest BCUT2D eigenvalue weighted by molar-refractivity contribution is 5.95. The van der Waals surface area contributed by atoms with Crippen LogP contribution in [0.25, 0.3) is 0 Å². The molecule has 1 fully saturated rings. The fourth-order valence-corrected chi connectivity index (χ4v) is 2.54. The summed E-state index contributed by atoms with van der Waals surface area (Å²) in [5.74, 6) is -0.514. The molecule has 1 heterocycles. The van der Waals surface area contributed by atoms with E-state index < -0.39 is 18.6 Å². The van der Waals surface area contributed by atoms with Gasteiger partial charge in [-0.2, -0.15) is 13.2 Å². The molecule has 108 valence electrons. The van der Waals surface area contributed by atoms with Crippen molar-refractivity contribution in [3.63, 3.8) is 0 Å². The first-order valence-corrected chi connectivity index (χ1v) is 6.64. The Labute approximate surface area is 114 Å². The van der Waals surface area contributed by atoms with Crippen molar-refractivity contribution >= 4 is 5.91 Å². The Balaban J connectivity index is 1.82. The van der Waals surface area contributed by atoms with Crippen LogP contribution in [0.5, 0.6) is 0 Å². The molecule has 0 aromatic heterocycles. The van der Waals surface area contributed by atoms with Gasteiger partial charge in [-0.1, -0.05) is 6.07 Å².